The summed E-state index contributed by atoms with van der Waals surface area (Å²) in [6.45, 7) is 0. The Balaban J connectivity index is 1.14. The fourth-order valence-corrected chi connectivity index (χ4v) is 9.97. The van der Waals surface area contributed by atoms with Crippen molar-refractivity contribution in [2.24, 2.45) is 0 Å². The molecular weight excluding hydrogens is 661 g/mol. The lowest BCUT2D eigenvalue weighted by Crippen LogP contribution is -2.28. The molecule has 11 aromatic rings. The maximum absolute atomic E-state index is 2.52. The van der Waals surface area contributed by atoms with Gasteiger partial charge in [0.2, 0.25) is 0 Å². The quantitative estimate of drug-likeness (QED) is 0.161. The molecule has 11 aromatic carbocycles. The molecule has 0 amide bonds. The van der Waals surface area contributed by atoms with Crippen molar-refractivity contribution in [3.05, 3.63) is 229 Å². The maximum atomic E-state index is 2.52. The third-order valence-corrected chi connectivity index (χ3v) is 12.4. The van der Waals surface area contributed by atoms with E-state index >= 15 is 0 Å². The van der Waals surface area contributed by atoms with Crippen molar-refractivity contribution >= 4 is 53.9 Å². The molecule has 55 heavy (non-hydrogen) atoms. The number of hydrogen-bond donors (Lipinski definition) is 0. The number of benzene rings is 11. The van der Waals surface area contributed by atoms with E-state index in [2.05, 4.69) is 206 Å². The lowest BCUT2D eigenvalue weighted by Gasteiger charge is -2.34. The van der Waals surface area contributed by atoms with E-state index in [0.29, 0.717) is 0 Å². The third kappa shape index (κ3) is 4.34. The first-order valence-electron chi connectivity index (χ1n) is 19.2. The van der Waals surface area contributed by atoms with Gasteiger partial charge in [-0.1, -0.05) is 170 Å². The second-order valence-electron chi connectivity index (χ2n) is 15.2. The largest absolute Gasteiger partial charge is 0.0714 e. The first-order chi connectivity index (χ1) is 27.2. The summed E-state index contributed by atoms with van der Waals surface area (Å²) < 4.78 is 0. The molecule has 0 aliphatic heterocycles. The Hall–Kier alpha value is -7.02. The van der Waals surface area contributed by atoms with E-state index in [9.17, 15) is 0 Å². The van der Waals surface area contributed by atoms with Gasteiger partial charge in [-0.05, 0) is 146 Å². The van der Waals surface area contributed by atoms with Gasteiger partial charge in [-0.2, -0.15) is 0 Å². The molecule has 0 heteroatoms. The Morgan fingerprint density at radius 2 is 0.782 bits per heavy atom. The molecule has 0 spiro atoms. The summed E-state index contributed by atoms with van der Waals surface area (Å²) in [5.41, 5.74) is 12.2. The maximum Gasteiger partial charge on any atom is 0.0714 e. The topological polar surface area (TPSA) is 0 Å². The molecular formula is C55H34. The minimum Gasteiger partial charge on any atom is -0.0622 e. The lowest BCUT2D eigenvalue weighted by atomic mass is 9.67. The highest BCUT2D eigenvalue weighted by molar-refractivity contribution is 6.23. The Morgan fingerprint density at radius 1 is 0.255 bits per heavy atom. The molecule has 0 bridgehead atoms. The molecule has 0 saturated carbocycles. The van der Waals surface area contributed by atoms with Crippen LogP contribution in [0.3, 0.4) is 0 Å². The summed E-state index contributed by atoms with van der Waals surface area (Å²) in [7, 11) is 0. The molecule has 0 nitrogen and oxygen atoms in total. The first-order valence-corrected chi connectivity index (χ1v) is 19.2. The van der Waals surface area contributed by atoms with Gasteiger partial charge >= 0.3 is 0 Å². The van der Waals surface area contributed by atoms with Crippen molar-refractivity contribution in [2.45, 2.75) is 5.41 Å². The van der Waals surface area contributed by atoms with Crippen molar-refractivity contribution < 1.29 is 0 Å². The predicted molar refractivity (Wildman–Crippen MR) is 233 cm³/mol. The molecule has 0 unspecified atom stereocenters. The van der Waals surface area contributed by atoms with Gasteiger partial charge in [-0.3, -0.25) is 0 Å². The van der Waals surface area contributed by atoms with Crippen LogP contribution < -0.4 is 0 Å². The molecule has 1 aliphatic rings. The van der Waals surface area contributed by atoms with Crippen LogP contribution in [0.4, 0.5) is 0 Å². The summed E-state index contributed by atoms with van der Waals surface area (Å²) in [4.78, 5) is 0. The van der Waals surface area contributed by atoms with Crippen molar-refractivity contribution in [3.63, 3.8) is 0 Å². The van der Waals surface area contributed by atoms with Crippen LogP contribution in [0, 0.1) is 0 Å². The summed E-state index contributed by atoms with van der Waals surface area (Å²) >= 11 is 0. The fraction of sp³-hybridized carbons (Fsp3) is 0.0182. The molecule has 0 heterocycles. The summed E-state index contributed by atoms with van der Waals surface area (Å²) in [5.74, 6) is 0. The average molecular weight is 695 g/mol. The molecule has 12 rings (SSSR count). The highest BCUT2D eigenvalue weighted by Gasteiger charge is 2.46. The second kappa shape index (κ2) is 11.5. The Morgan fingerprint density at radius 3 is 1.51 bits per heavy atom. The zero-order valence-corrected chi connectivity index (χ0v) is 30.1. The molecule has 0 aromatic heterocycles. The highest BCUT2D eigenvalue weighted by Crippen LogP contribution is 2.58. The monoisotopic (exact) mass is 694 g/mol. The standard InChI is InChI=1S/C55H34/c1-3-16-45(17-4-1)55(46-18-5-2-6-19-46)51-33-39(44-30-42-25-22-36-13-9-14-37-23-26-43(31-44)54(42)53(36)37)27-28-48(51)50-32-40-15-10-20-47(49(40)34-52(50)55)41-24-21-35-11-7-8-12-38(35)29-41/h1-34H. The minimum atomic E-state index is -0.524. The van der Waals surface area contributed by atoms with Gasteiger partial charge in [0.25, 0.3) is 0 Å². The van der Waals surface area contributed by atoms with Gasteiger partial charge in [0.05, 0.1) is 5.41 Å². The molecule has 0 saturated heterocycles. The van der Waals surface area contributed by atoms with Gasteiger partial charge in [0.1, 0.15) is 0 Å². The van der Waals surface area contributed by atoms with Gasteiger partial charge in [-0.15, -0.1) is 0 Å². The second-order valence-corrected chi connectivity index (χ2v) is 15.2. The van der Waals surface area contributed by atoms with Gasteiger partial charge in [0, 0.05) is 0 Å². The lowest BCUT2D eigenvalue weighted by molar-refractivity contribution is 0.770. The molecule has 0 N–H and O–H groups in total. The van der Waals surface area contributed by atoms with Crippen molar-refractivity contribution in [3.8, 4) is 33.4 Å². The van der Waals surface area contributed by atoms with E-state index < -0.39 is 5.41 Å². The van der Waals surface area contributed by atoms with Crippen LogP contribution >= 0.6 is 0 Å². The smallest absolute Gasteiger partial charge is 0.0622 e. The predicted octanol–water partition coefficient (Wildman–Crippen LogP) is 14.6. The van der Waals surface area contributed by atoms with E-state index in [1.54, 1.807) is 0 Å². The van der Waals surface area contributed by atoms with Crippen LogP contribution in [0.5, 0.6) is 0 Å². The van der Waals surface area contributed by atoms with E-state index in [1.807, 2.05) is 0 Å². The van der Waals surface area contributed by atoms with Crippen LogP contribution in [-0.2, 0) is 5.41 Å². The third-order valence-electron chi connectivity index (χ3n) is 12.4. The van der Waals surface area contributed by atoms with Crippen LogP contribution in [0.2, 0.25) is 0 Å². The van der Waals surface area contributed by atoms with E-state index in [0.717, 1.165) is 0 Å². The zero-order valence-electron chi connectivity index (χ0n) is 30.1. The Bertz CT molecular complexity index is 3190. The molecule has 254 valence electrons. The normalized spacial score (nSPS) is 13.2. The molecule has 0 radical (unpaired) electrons. The molecule has 0 atom stereocenters. The number of fused-ring (bicyclic) bond motifs is 5. The zero-order chi connectivity index (χ0) is 36.1. The number of hydrogen-bond acceptors (Lipinski definition) is 0. The van der Waals surface area contributed by atoms with Gasteiger partial charge in [0.15, 0.2) is 0 Å². The van der Waals surface area contributed by atoms with Gasteiger partial charge < -0.3 is 0 Å². The van der Waals surface area contributed by atoms with E-state index in [1.165, 1.54) is 109 Å². The minimum absolute atomic E-state index is 0.524. The average Bonchev–Trinajstić information content (AvgIpc) is 3.54. The van der Waals surface area contributed by atoms with E-state index in [-0.39, 0.29) is 0 Å². The van der Waals surface area contributed by atoms with Crippen LogP contribution in [0.1, 0.15) is 22.3 Å². The summed E-state index contributed by atoms with van der Waals surface area (Å²) in [6, 6.07) is 77.4. The van der Waals surface area contributed by atoms with Crippen LogP contribution in [0.15, 0.2) is 206 Å². The van der Waals surface area contributed by atoms with Gasteiger partial charge in [-0.25, -0.2) is 0 Å². The van der Waals surface area contributed by atoms with Crippen LogP contribution in [-0.4, -0.2) is 0 Å². The Kier molecular flexibility index (Phi) is 6.36. The SMILES string of the molecule is c1ccc(C2(c3ccccc3)c3cc(-c4cc5ccc6cccc7ccc(c4)c5c67)ccc3-c3cc4cccc(-c5ccc6ccccc6c5)c4cc32)cc1. The molecule has 1 aliphatic carbocycles. The first kappa shape index (κ1) is 30.4. The summed E-state index contributed by atoms with van der Waals surface area (Å²) in [5, 5.41) is 12.9. The van der Waals surface area contributed by atoms with Crippen molar-refractivity contribution in [1.29, 1.82) is 0 Å². The van der Waals surface area contributed by atoms with Crippen molar-refractivity contribution in [1.82, 2.24) is 0 Å². The summed E-state index contributed by atoms with van der Waals surface area (Å²) in [6.07, 6.45) is 0. The molecule has 0 fully saturated rings. The fourth-order valence-electron chi connectivity index (χ4n) is 9.97. The van der Waals surface area contributed by atoms with E-state index in [4.69, 9.17) is 0 Å². The Labute approximate surface area is 319 Å². The van der Waals surface area contributed by atoms with Crippen molar-refractivity contribution in [2.75, 3.05) is 0 Å². The van der Waals surface area contributed by atoms with Crippen LogP contribution in [0.25, 0.3) is 87.2 Å². The highest BCUT2D eigenvalue weighted by atomic mass is 14.5. The number of rotatable bonds is 4.